The van der Waals surface area contributed by atoms with Crippen LogP contribution < -0.4 is 4.90 Å². The predicted octanol–water partition coefficient (Wildman–Crippen LogP) is 5.03. The minimum absolute atomic E-state index is 0.0376. The maximum absolute atomic E-state index is 13.4. The van der Waals surface area contributed by atoms with Crippen molar-refractivity contribution < 1.29 is 22.9 Å². The van der Waals surface area contributed by atoms with E-state index in [2.05, 4.69) is 10.3 Å². The molecule has 33 heavy (non-hydrogen) atoms. The lowest BCUT2D eigenvalue weighted by Gasteiger charge is -2.23. The van der Waals surface area contributed by atoms with E-state index in [4.69, 9.17) is 0 Å². The molecule has 0 bridgehead atoms. The van der Waals surface area contributed by atoms with E-state index in [1.165, 1.54) is 45.6 Å². The lowest BCUT2D eigenvalue weighted by Crippen LogP contribution is -2.33. The van der Waals surface area contributed by atoms with Gasteiger partial charge in [-0.05, 0) is 37.6 Å². The smallest absolute Gasteiger partial charge is 0.306 e. The third-order valence-electron chi connectivity index (χ3n) is 5.29. The van der Waals surface area contributed by atoms with Crippen molar-refractivity contribution in [1.82, 2.24) is 15.0 Å². The van der Waals surface area contributed by atoms with Crippen molar-refractivity contribution in [3.63, 3.8) is 0 Å². The van der Waals surface area contributed by atoms with Gasteiger partial charge in [-0.25, -0.2) is 4.68 Å². The van der Waals surface area contributed by atoms with Gasteiger partial charge in [0.25, 0.3) is 11.6 Å². The standard InChI is InChI=1S/C21H18F3N5O3S/c1-12-8-9-27(17-10-14(21(22,23)24)6-7-18(17)33-12)20(30)19-13(2)28(26-25-19)15-4-3-5-16(11-15)29(31)32/h3-7,10-12H,8-9H2,1-2H3. The van der Waals surface area contributed by atoms with Crippen molar-refractivity contribution >= 4 is 29.0 Å². The molecule has 1 aliphatic rings. The third-order valence-corrected chi connectivity index (χ3v) is 6.53. The molecule has 1 atom stereocenters. The number of benzene rings is 2. The highest BCUT2D eigenvalue weighted by Gasteiger charge is 2.34. The minimum Gasteiger partial charge on any atom is -0.306 e. The van der Waals surface area contributed by atoms with Gasteiger partial charge in [0.15, 0.2) is 5.69 Å². The second kappa shape index (κ2) is 8.50. The zero-order chi connectivity index (χ0) is 23.9. The lowest BCUT2D eigenvalue weighted by atomic mass is 10.1. The van der Waals surface area contributed by atoms with Gasteiger partial charge in [-0.15, -0.1) is 16.9 Å². The molecular weight excluding hydrogens is 459 g/mol. The Hall–Kier alpha value is -3.41. The SMILES string of the molecule is Cc1c(C(=O)N2CCC(C)Sc3ccc(C(F)(F)F)cc32)nnn1-c1cccc([N+](=O)[O-])c1. The van der Waals surface area contributed by atoms with Gasteiger partial charge < -0.3 is 4.90 Å². The first-order valence-electron chi connectivity index (χ1n) is 9.93. The van der Waals surface area contributed by atoms with Crippen LogP contribution >= 0.6 is 11.8 Å². The predicted molar refractivity (Wildman–Crippen MR) is 116 cm³/mol. The van der Waals surface area contributed by atoms with E-state index in [9.17, 15) is 28.1 Å². The number of carbonyl (C=O) groups is 1. The average Bonchev–Trinajstić information content (AvgIpc) is 3.06. The number of hydrogen-bond acceptors (Lipinski definition) is 6. The summed E-state index contributed by atoms with van der Waals surface area (Å²) in [6, 6.07) is 9.07. The molecule has 0 N–H and O–H groups in total. The number of nitro benzene ring substituents is 1. The summed E-state index contributed by atoms with van der Waals surface area (Å²) in [5, 5.41) is 19.1. The van der Waals surface area contributed by atoms with Crippen molar-refractivity contribution in [2.45, 2.75) is 36.6 Å². The number of nitro groups is 1. The molecule has 1 unspecified atom stereocenters. The van der Waals surface area contributed by atoms with Crippen LogP contribution in [-0.4, -0.2) is 37.6 Å². The maximum atomic E-state index is 13.4. The Morgan fingerprint density at radius 1 is 1.24 bits per heavy atom. The van der Waals surface area contributed by atoms with Crippen molar-refractivity contribution in [2.75, 3.05) is 11.4 Å². The summed E-state index contributed by atoms with van der Waals surface area (Å²) in [5.41, 5.74) is -0.196. The maximum Gasteiger partial charge on any atom is 0.416 e. The summed E-state index contributed by atoms with van der Waals surface area (Å²) in [7, 11) is 0. The molecule has 1 amide bonds. The number of rotatable bonds is 3. The molecule has 2 heterocycles. The Labute approximate surface area is 190 Å². The van der Waals surface area contributed by atoms with Gasteiger partial charge in [0.2, 0.25) is 0 Å². The number of fused-ring (bicyclic) bond motifs is 1. The fourth-order valence-electron chi connectivity index (χ4n) is 3.56. The number of alkyl halides is 3. The molecule has 2 aromatic carbocycles. The Morgan fingerprint density at radius 2 is 2.00 bits per heavy atom. The number of aromatic nitrogens is 3. The van der Waals surface area contributed by atoms with E-state index in [1.807, 2.05) is 6.92 Å². The Morgan fingerprint density at radius 3 is 2.70 bits per heavy atom. The van der Waals surface area contributed by atoms with Crippen LogP contribution in [0.15, 0.2) is 47.4 Å². The molecule has 4 rings (SSSR count). The Balaban J connectivity index is 1.75. The summed E-state index contributed by atoms with van der Waals surface area (Å²) in [6.07, 6.45) is -3.97. The number of halogens is 3. The number of anilines is 1. The molecule has 1 aromatic heterocycles. The Kier molecular flexibility index (Phi) is 5.87. The quantitative estimate of drug-likeness (QED) is 0.388. The highest BCUT2D eigenvalue weighted by molar-refractivity contribution is 8.00. The van der Waals surface area contributed by atoms with Crippen molar-refractivity contribution in [3.05, 3.63) is 69.5 Å². The molecule has 172 valence electrons. The summed E-state index contributed by atoms with van der Waals surface area (Å²) in [6.45, 7) is 3.74. The number of amides is 1. The van der Waals surface area contributed by atoms with Gasteiger partial charge in [-0.3, -0.25) is 14.9 Å². The van der Waals surface area contributed by atoms with E-state index in [1.54, 1.807) is 13.0 Å². The molecule has 0 saturated carbocycles. The molecule has 0 fully saturated rings. The molecule has 0 radical (unpaired) electrons. The van der Waals surface area contributed by atoms with Crippen molar-refractivity contribution in [1.29, 1.82) is 0 Å². The van der Waals surface area contributed by atoms with Gasteiger partial charge >= 0.3 is 6.18 Å². The first kappa shape index (κ1) is 22.8. The number of non-ortho nitro benzene ring substituents is 1. The van der Waals surface area contributed by atoms with Gasteiger partial charge in [0, 0.05) is 28.8 Å². The number of thioether (sulfide) groups is 1. The van der Waals surface area contributed by atoms with Crippen LogP contribution in [0.2, 0.25) is 0 Å². The highest BCUT2D eigenvalue weighted by Crippen LogP contribution is 2.41. The first-order valence-corrected chi connectivity index (χ1v) is 10.8. The van der Waals surface area contributed by atoms with E-state index in [0.717, 1.165) is 12.1 Å². The van der Waals surface area contributed by atoms with Crippen LogP contribution in [0.4, 0.5) is 24.5 Å². The monoisotopic (exact) mass is 477 g/mol. The summed E-state index contributed by atoms with van der Waals surface area (Å²) < 4.78 is 41.3. The molecular formula is C21H18F3N5O3S. The minimum atomic E-state index is -4.55. The van der Waals surface area contributed by atoms with Crippen LogP contribution in [-0.2, 0) is 6.18 Å². The van der Waals surface area contributed by atoms with Crippen LogP contribution in [0, 0.1) is 17.0 Å². The average molecular weight is 477 g/mol. The van der Waals surface area contributed by atoms with E-state index in [0.29, 0.717) is 22.7 Å². The summed E-state index contributed by atoms with van der Waals surface area (Å²) in [5.74, 6) is -0.584. The van der Waals surface area contributed by atoms with E-state index >= 15 is 0 Å². The fourth-order valence-corrected chi connectivity index (χ4v) is 4.65. The molecule has 3 aromatic rings. The second-order valence-corrected chi connectivity index (χ2v) is 9.05. The van der Waals surface area contributed by atoms with Gasteiger partial charge in [-0.2, -0.15) is 13.2 Å². The molecule has 0 spiro atoms. The van der Waals surface area contributed by atoms with Gasteiger partial charge in [0.1, 0.15) is 0 Å². The lowest BCUT2D eigenvalue weighted by molar-refractivity contribution is -0.384. The van der Waals surface area contributed by atoms with Crippen LogP contribution in [0.25, 0.3) is 5.69 Å². The molecule has 8 nitrogen and oxygen atoms in total. The van der Waals surface area contributed by atoms with Crippen LogP contribution in [0.1, 0.15) is 35.1 Å². The van der Waals surface area contributed by atoms with Gasteiger partial charge in [-0.1, -0.05) is 18.2 Å². The zero-order valence-electron chi connectivity index (χ0n) is 17.5. The molecule has 12 heteroatoms. The van der Waals surface area contributed by atoms with Gasteiger partial charge in [0.05, 0.1) is 27.6 Å². The molecule has 0 saturated heterocycles. The number of carbonyl (C=O) groups excluding carboxylic acids is 1. The van der Waals surface area contributed by atoms with Crippen LogP contribution in [0.5, 0.6) is 0 Å². The number of hydrogen-bond donors (Lipinski definition) is 0. The number of nitrogens with zero attached hydrogens (tertiary/aromatic N) is 5. The first-order chi connectivity index (χ1) is 15.6. The normalized spacial score (nSPS) is 16.3. The molecule has 0 aliphatic carbocycles. The largest absolute Gasteiger partial charge is 0.416 e. The summed E-state index contributed by atoms with van der Waals surface area (Å²) >= 11 is 1.41. The summed E-state index contributed by atoms with van der Waals surface area (Å²) in [4.78, 5) is 25.8. The third kappa shape index (κ3) is 4.42. The zero-order valence-corrected chi connectivity index (χ0v) is 18.4. The fraction of sp³-hybridized carbons (Fsp3) is 0.286. The van der Waals surface area contributed by atoms with E-state index in [-0.39, 0.29) is 28.9 Å². The van der Waals surface area contributed by atoms with Crippen LogP contribution in [0.3, 0.4) is 0 Å². The second-order valence-electron chi connectivity index (χ2n) is 7.57. The Bertz CT molecular complexity index is 1240. The molecule has 1 aliphatic heterocycles. The van der Waals surface area contributed by atoms with Crippen molar-refractivity contribution in [3.8, 4) is 5.69 Å². The highest BCUT2D eigenvalue weighted by atomic mass is 32.2. The topological polar surface area (TPSA) is 94.2 Å². The van der Waals surface area contributed by atoms with Crippen molar-refractivity contribution in [2.24, 2.45) is 0 Å². The van der Waals surface area contributed by atoms with E-state index < -0.39 is 22.6 Å².